The number of nitrogens with one attached hydrogen (secondary N) is 1. The number of hydrogen-bond donors (Lipinski definition) is 1. The van der Waals surface area contributed by atoms with Crippen molar-refractivity contribution >= 4 is 5.91 Å². The molecule has 0 bridgehead atoms. The Bertz CT molecular complexity index is 423. The molecule has 0 fully saturated rings. The van der Waals surface area contributed by atoms with Crippen molar-refractivity contribution in [3.8, 4) is 0 Å². The Labute approximate surface area is 95.7 Å². The molecule has 1 aliphatic rings. The van der Waals surface area contributed by atoms with Crippen molar-refractivity contribution in [1.29, 1.82) is 0 Å². The molecule has 2 rings (SSSR count). The summed E-state index contributed by atoms with van der Waals surface area (Å²) in [6.07, 6.45) is 1.60. The van der Waals surface area contributed by atoms with E-state index in [4.69, 9.17) is 0 Å². The number of pyridine rings is 1. The fourth-order valence-electron chi connectivity index (χ4n) is 1.88. The summed E-state index contributed by atoms with van der Waals surface area (Å²) in [5.74, 6) is 0.0323. The van der Waals surface area contributed by atoms with Crippen LogP contribution < -0.4 is 5.32 Å². The summed E-state index contributed by atoms with van der Waals surface area (Å²) in [6, 6.07) is 3.62. The highest BCUT2D eigenvalue weighted by molar-refractivity contribution is 5.98. The number of fused-ring (bicyclic) bond motifs is 1. The van der Waals surface area contributed by atoms with Crippen molar-refractivity contribution in [2.75, 3.05) is 7.05 Å². The summed E-state index contributed by atoms with van der Waals surface area (Å²) < 4.78 is 0. The maximum Gasteiger partial charge on any atom is 0.257 e. The molecule has 1 atom stereocenters. The number of carbonyl (C=O) groups excluding carboxylic acids is 1. The minimum Gasteiger partial charge on any atom is -0.320 e. The maximum atomic E-state index is 11.9. The number of aromatic nitrogens is 1. The van der Waals surface area contributed by atoms with Crippen molar-refractivity contribution in [2.24, 2.45) is 0 Å². The van der Waals surface area contributed by atoms with E-state index in [9.17, 15) is 4.79 Å². The maximum absolute atomic E-state index is 11.9. The highest BCUT2D eigenvalue weighted by atomic mass is 16.2. The zero-order chi connectivity index (χ0) is 11.9. The fraction of sp³-hybridized carbons (Fsp3) is 0.500. The van der Waals surface area contributed by atoms with Crippen LogP contribution in [-0.2, 0) is 0 Å². The predicted octanol–water partition coefficient (Wildman–Crippen LogP) is 1.55. The Morgan fingerprint density at radius 1 is 1.44 bits per heavy atom. The van der Waals surface area contributed by atoms with Gasteiger partial charge in [0, 0.05) is 18.8 Å². The van der Waals surface area contributed by atoms with E-state index in [1.807, 2.05) is 6.07 Å². The van der Waals surface area contributed by atoms with Gasteiger partial charge in [-0.3, -0.25) is 15.1 Å². The van der Waals surface area contributed by atoms with Gasteiger partial charge < -0.3 is 4.90 Å². The lowest BCUT2D eigenvalue weighted by Gasteiger charge is -2.29. The van der Waals surface area contributed by atoms with Crippen LogP contribution in [0.2, 0.25) is 0 Å². The highest BCUT2D eigenvalue weighted by Gasteiger charge is 2.36. The number of rotatable bonds is 1. The molecule has 0 aromatic carbocycles. The summed E-state index contributed by atoms with van der Waals surface area (Å²) in [4.78, 5) is 17.9. The Balaban J connectivity index is 2.38. The van der Waals surface area contributed by atoms with Gasteiger partial charge in [0.15, 0.2) is 0 Å². The largest absolute Gasteiger partial charge is 0.320 e. The Kier molecular flexibility index (Phi) is 2.46. The molecule has 1 N–H and O–H groups in total. The molecule has 2 heterocycles. The van der Waals surface area contributed by atoms with E-state index < -0.39 is 0 Å². The molecule has 0 aliphatic carbocycles. The first kappa shape index (κ1) is 11.1. The molecular formula is C12H17N3O. The predicted molar refractivity (Wildman–Crippen MR) is 62.0 cm³/mol. The van der Waals surface area contributed by atoms with Crippen LogP contribution in [0.1, 0.15) is 43.0 Å². The minimum atomic E-state index is -0.122. The van der Waals surface area contributed by atoms with Crippen LogP contribution >= 0.6 is 0 Å². The van der Waals surface area contributed by atoms with Crippen LogP contribution in [0, 0.1) is 0 Å². The molecule has 4 heteroatoms. The first-order valence-electron chi connectivity index (χ1n) is 5.40. The molecule has 0 saturated carbocycles. The minimum absolute atomic E-state index is 0.0323. The average molecular weight is 219 g/mol. The van der Waals surface area contributed by atoms with Crippen molar-refractivity contribution in [1.82, 2.24) is 15.2 Å². The van der Waals surface area contributed by atoms with Gasteiger partial charge in [0.25, 0.3) is 5.91 Å². The Morgan fingerprint density at radius 3 is 2.75 bits per heavy atom. The molecule has 0 spiro atoms. The molecule has 1 aliphatic heterocycles. The zero-order valence-electron chi connectivity index (χ0n) is 10.1. The summed E-state index contributed by atoms with van der Waals surface area (Å²) in [7, 11) is 1.80. The van der Waals surface area contributed by atoms with Crippen molar-refractivity contribution in [3.63, 3.8) is 0 Å². The van der Waals surface area contributed by atoms with Gasteiger partial charge in [-0.15, -0.1) is 0 Å². The number of amides is 1. The SMILES string of the molecule is CN1C(=O)c2cccnc2C1NC(C)(C)C. The molecule has 1 aromatic heterocycles. The normalized spacial score (nSPS) is 20.1. The smallest absolute Gasteiger partial charge is 0.257 e. The van der Waals surface area contributed by atoms with Crippen molar-refractivity contribution in [2.45, 2.75) is 32.5 Å². The summed E-state index contributed by atoms with van der Waals surface area (Å²) >= 11 is 0. The summed E-state index contributed by atoms with van der Waals surface area (Å²) in [5, 5.41) is 3.40. The molecular weight excluding hydrogens is 202 g/mol. The monoisotopic (exact) mass is 219 g/mol. The molecule has 0 saturated heterocycles. The molecule has 0 radical (unpaired) electrons. The fourth-order valence-corrected chi connectivity index (χ4v) is 1.88. The van der Waals surface area contributed by atoms with E-state index >= 15 is 0 Å². The third-order valence-electron chi connectivity index (χ3n) is 2.61. The van der Waals surface area contributed by atoms with Gasteiger partial charge in [0.1, 0.15) is 6.17 Å². The third kappa shape index (κ3) is 1.80. The van der Waals surface area contributed by atoms with Crippen LogP contribution in [0.3, 0.4) is 0 Å². The second kappa shape index (κ2) is 3.56. The van der Waals surface area contributed by atoms with Crippen molar-refractivity contribution in [3.05, 3.63) is 29.6 Å². The Hall–Kier alpha value is -1.42. The van der Waals surface area contributed by atoms with E-state index in [0.717, 1.165) is 5.69 Å². The van der Waals surface area contributed by atoms with Gasteiger partial charge in [0.2, 0.25) is 0 Å². The third-order valence-corrected chi connectivity index (χ3v) is 2.61. The lowest BCUT2D eigenvalue weighted by molar-refractivity contribution is 0.0725. The van der Waals surface area contributed by atoms with E-state index in [-0.39, 0.29) is 17.6 Å². The van der Waals surface area contributed by atoms with Crippen LogP contribution in [0.4, 0.5) is 0 Å². The first-order chi connectivity index (χ1) is 7.40. The molecule has 1 unspecified atom stereocenters. The average Bonchev–Trinajstić information content (AvgIpc) is 2.43. The molecule has 86 valence electrons. The second-order valence-corrected chi connectivity index (χ2v) is 5.15. The quantitative estimate of drug-likeness (QED) is 0.779. The van der Waals surface area contributed by atoms with E-state index in [2.05, 4.69) is 31.1 Å². The number of carbonyl (C=O) groups is 1. The topological polar surface area (TPSA) is 45.2 Å². The number of nitrogens with zero attached hydrogens (tertiary/aromatic N) is 2. The summed E-state index contributed by atoms with van der Waals surface area (Å²) in [6.45, 7) is 6.23. The molecule has 4 nitrogen and oxygen atoms in total. The standard InChI is InChI=1S/C12H17N3O/c1-12(2,3)14-10-9-8(6-5-7-13-9)11(16)15(10)4/h5-7,10,14H,1-4H3. The van der Waals surface area contributed by atoms with Crippen molar-refractivity contribution < 1.29 is 4.79 Å². The lowest BCUT2D eigenvalue weighted by Crippen LogP contribution is -2.44. The van der Waals surface area contributed by atoms with Gasteiger partial charge in [0.05, 0.1) is 11.3 Å². The molecule has 1 amide bonds. The highest BCUT2D eigenvalue weighted by Crippen LogP contribution is 2.29. The Morgan fingerprint density at radius 2 is 2.12 bits per heavy atom. The van der Waals surface area contributed by atoms with Crippen LogP contribution in [0.15, 0.2) is 18.3 Å². The molecule has 1 aromatic rings. The van der Waals surface area contributed by atoms with Gasteiger partial charge >= 0.3 is 0 Å². The lowest BCUT2D eigenvalue weighted by atomic mass is 10.1. The summed E-state index contributed by atoms with van der Waals surface area (Å²) in [5.41, 5.74) is 1.47. The molecule has 16 heavy (non-hydrogen) atoms. The zero-order valence-corrected chi connectivity index (χ0v) is 10.1. The van der Waals surface area contributed by atoms with E-state index in [1.54, 1.807) is 24.2 Å². The first-order valence-corrected chi connectivity index (χ1v) is 5.40. The van der Waals surface area contributed by atoms with Crippen LogP contribution in [0.25, 0.3) is 0 Å². The van der Waals surface area contributed by atoms with E-state index in [0.29, 0.717) is 5.56 Å². The van der Waals surface area contributed by atoms with Crippen LogP contribution in [0.5, 0.6) is 0 Å². The van der Waals surface area contributed by atoms with Gasteiger partial charge in [-0.25, -0.2) is 0 Å². The van der Waals surface area contributed by atoms with Gasteiger partial charge in [-0.1, -0.05) is 0 Å². The van der Waals surface area contributed by atoms with Crippen LogP contribution in [-0.4, -0.2) is 28.4 Å². The second-order valence-electron chi connectivity index (χ2n) is 5.15. The number of hydrogen-bond acceptors (Lipinski definition) is 3. The van der Waals surface area contributed by atoms with Gasteiger partial charge in [-0.05, 0) is 32.9 Å². The van der Waals surface area contributed by atoms with E-state index in [1.165, 1.54) is 0 Å². The van der Waals surface area contributed by atoms with Gasteiger partial charge in [-0.2, -0.15) is 0 Å².